The summed E-state index contributed by atoms with van der Waals surface area (Å²) in [6, 6.07) is 11.2. The molecule has 1 unspecified atom stereocenters. The van der Waals surface area contributed by atoms with E-state index < -0.39 is 6.04 Å². The third-order valence-electron chi connectivity index (χ3n) is 4.29. The van der Waals surface area contributed by atoms with Crippen molar-refractivity contribution in [3.05, 3.63) is 63.1 Å². The lowest BCUT2D eigenvalue weighted by molar-refractivity contribution is -0.142. The molecule has 1 N–H and O–H groups in total. The number of rotatable bonds is 9. The van der Waals surface area contributed by atoms with Crippen LogP contribution in [0.5, 0.6) is 5.75 Å². The van der Waals surface area contributed by atoms with Crippen LogP contribution in [0, 0.1) is 0 Å². The lowest BCUT2D eigenvalue weighted by Gasteiger charge is -2.31. The molecule has 2 rings (SSSR count). The van der Waals surface area contributed by atoms with E-state index in [9.17, 15) is 9.59 Å². The number of carbonyl (C=O) groups is 2. The van der Waals surface area contributed by atoms with Gasteiger partial charge in [0.1, 0.15) is 11.8 Å². The summed E-state index contributed by atoms with van der Waals surface area (Å²) in [5, 5.41) is 4.13. The van der Waals surface area contributed by atoms with E-state index in [1.54, 1.807) is 42.5 Å². The van der Waals surface area contributed by atoms with Crippen molar-refractivity contribution in [2.45, 2.75) is 32.9 Å². The number of amides is 2. The van der Waals surface area contributed by atoms with E-state index in [1.807, 2.05) is 13.8 Å². The summed E-state index contributed by atoms with van der Waals surface area (Å²) >= 11 is 18.5. The van der Waals surface area contributed by atoms with Gasteiger partial charge in [0.05, 0.1) is 0 Å². The molecule has 0 heterocycles. The maximum atomic E-state index is 13.0. The molecule has 2 aromatic rings. The van der Waals surface area contributed by atoms with E-state index in [1.165, 1.54) is 4.90 Å². The monoisotopic (exact) mass is 456 g/mol. The maximum absolute atomic E-state index is 13.0. The molecule has 0 fully saturated rings. The molecule has 8 heteroatoms. The smallest absolute Gasteiger partial charge is 0.261 e. The number of nitrogens with zero attached hydrogens (tertiary/aromatic N) is 1. The Bertz CT molecular complexity index is 841. The summed E-state index contributed by atoms with van der Waals surface area (Å²) in [4.78, 5) is 27.1. The number of nitrogens with one attached hydrogen (secondary N) is 1. The van der Waals surface area contributed by atoms with Crippen molar-refractivity contribution in [3.8, 4) is 5.75 Å². The molecule has 0 saturated carbocycles. The molecule has 0 bridgehead atoms. The van der Waals surface area contributed by atoms with Crippen LogP contribution in [0.1, 0.15) is 25.8 Å². The molecule has 2 amide bonds. The van der Waals surface area contributed by atoms with Crippen LogP contribution in [-0.2, 0) is 16.1 Å². The van der Waals surface area contributed by atoms with Crippen LogP contribution in [-0.4, -0.2) is 35.9 Å². The topological polar surface area (TPSA) is 58.6 Å². The lowest BCUT2D eigenvalue weighted by Crippen LogP contribution is -2.50. The molecule has 5 nitrogen and oxygen atoms in total. The molecule has 0 aliphatic heterocycles. The highest BCUT2D eigenvalue weighted by molar-refractivity contribution is 6.36. The van der Waals surface area contributed by atoms with Crippen molar-refractivity contribution in [2.75, 3.05) is 13.2 Å². The summed E-state index contributed by atoms with van der Waals surface area (Å²) in [6.07, 6.45) is 0.427. The van der Waals surface area contributed by atoms with E-state index in [0.717, 1.165) is 0 Å². The van der Waals surface area contributed by atoms with Gasteiger partial charge in [-0.25, -0.2) is 0 Å². The van der Waals surface area contributed by atoms with Gasteiger partial charge in [0.25, 0.3) is 5.91 Å². The molecule has 0 aromatic heterocycles. The van der Waals surface area contributed by atoms with Gasteiger partial charge < -0.3 is 15.0 Å². The van der Waals surface area contributed by atoms with E-state index in [-0.39, 0.29) is 25.0 Å². The molecule has 0 spiro atoms. The summed E-state index contributed by atoms with van der Waals surface area (Å²) in [5.74, 6) is -0.138. The SMILES string of the molecule is CCNC(=O)C(CC)N(Cc1c(Cl)cccc1Cl)C(=O)COc1cccc(Cl)c1. The Labute approximate surface area is 185 Å². The number of halogens is 3. The second kappa shape index (κ2) is 11.3. The van der Waals surface area contributed by atoms with Crippen LogP contribution >= 0.6 is 34.8 Å². The average molecular weight is 458 g/mol. The van der Waals surface area contributed by atoms with Gasteiger partial charge >= 0.3 is 0 Å². The van der Waals surface area contributed by atoms with Gasteiger partial charge in [0.2, 0.25) is 5.91 Å². The van der Waals surface area contributed by atoms with Crippen LogP contribution in [0.15, 0.2) is 42.5 Å². The highest BCUT2D eigenvalue weighted by atomic mass is 35.5. The van der Waals surface area contributed by atoms with Crippen molar-refractivity contribution < 1.29 is 14.3 Å². The highest BCUT2D eigenvalue weighted by Crippen LogP contribution is 2.27. The second-order valence-corrected chi connectivity index (χ2v) is 7.54. The second-order valence-electron chi connectivity index (χ2n) is 6.29. The first-order chi connectivity index (χ1) is 13.9. The van der Waals surface area contributed by atoms with E-state index in [0.29, 0.717) is 39.3 Å². The number of benzene rings is 2. The minimum atomic E-state index is -0.683. The quantitative estimate of drug-likeness (QED) is 0.578. The molecule has 2 aromatic carbocycles. The maximum Gasteiger partial charge on any atom is 0.261 e. The van der Waals surface area contributed by atoms with E-state index in [4.69, 9.17) is 39.5 Å². The van der Waals surface area contributed by atoms with Crippen LogP contribution in [0.2, 0.25) is 15.1 Å². The summed E-state index contributed by atoms with van der Waals surface area (Å²) in [7, 11) is 0. The van der Waals surface area contributed by atoms with Crippen LogP contribution < -0.4 is 10.1 Å². The number of hydrogen-bond acceptors (Lipinski definition) is 3. The summed E-state index contributed by atoms with van der Waals surface area (Å²) in [6.45, 7) is 3.96. The van der Waals surface area contributed by atoms with Gasteiger partial charge in [-0.1, -0.05) is 53.9 Å². The number of carbonyl (C=O) groups excluding carboxylic acids is 2. The minimum Gasteiger partial charge on any atom is -0.484 e. The van der Waals surface area contributed by atoms with Gasteiger partial charge in [0.15, 0.2) is 6.61 Å². The zero-order chi connectivity index (χ0) is 21.4. The Hall–Kier alpha value is -1.95. The zero-order valence-electron chi connectivity index (χ0n) is 16.3. The molecule has 0 aliphatic rings. The van der Waals surface area contributed by atoms with Crippen LogP contribution in [0.4, 0.5) is 0 Å². The van der Waals surface area contributed by atoms with Crippen LogP contribution in [0.25, 0.3) is 0 Å². The Kier molecular flexibility index (Phi) is 9.08. The van der Waals surface area contributed by atoms with Crippen molar-refractivity contribution in [2.24, 2.45) is 0 Å². The molecule has 0 aliphatic carbocycles. The number of likely N-dealkylation sites (N-methyl/N-ethyl adjacent to an activating group) is 1. The molecule has 156 valence electrons. The summed E-state index contributed by atoms with van der Waals surface area (Å²) < 4.78 is 5.59. The van der Waals surface area contributed by atoms with Crippen molar-refractivity contribution in [3.63, 3.8) is 0 Å². The Balaban J connectivity index is 2.27. The Morgan fingerprint density at radius 1 is 1.07 bits per heavy atom. The fourth-order valence-electron chi connectivity index (χ4n) is 2.85. The van der Waals surface area contributed by atoms with Gasteiger partial charge in [-0.15, -0.1) is 0 Å². The third-order valence-corrected chi connectivity index (χ3v) is 5.23. The van der Waals surface area contributed by atoms with E-state index >= 15 is 0 Å². The lowest BCUT2D eigenvalue weighted by atomic mass is 10.1. The number of hydrogen-bond donors (Lipinski definition) is 1. The standard InChI is InChI=1S/C21H23Cl3N2O3/c1-3-19(21(28)25-4-2)26(12-16-17(23)9-6-10-18(16)24)20(27)13-29-15-8-5-7-14(22)11-15/h5-11,19H,3-4,12-13H2,1-2H3,(H,25,28). The van der Waals surface area contributed by atoms with Gasteiger partial charge in [-0.2, -0.15) is 0 Å². The first kappa shape index (κ1) is 23.3. The Morgan fingerprint density at radius 2 is 1.72 bits per heavy atom. The first-order valence-electron chi connectivity index (χ1n) is 9.25. The largest absolute Gasteiger partial charge is 0.484 e. The normalized spacial score (nSPS) is 11.6. The van der Waals surface area contributed by atoms with E-state index in [2.05, 4.69) is 5.32 Å². The molecule has 1 atom stereocenters. The molecule has 0 radical (unpaired) electrons. The zero-order valence-corrected chi connectivity index (χ0v) is 18.5. The van der Waals surface area contributed by atoms with Crippen molar-refractivity contribution in [1.29, 1.82) is 0 Å². The minimum absolute atomic E-state index is 0.0892. The first-order valence-corrected chi connectivity index (χ1v) is 10.4. The van der Waals surface area contributed by atoms with Gasteiger partial charge in [-0.05, 0) is 43.7 Å². The molecular formula is C21H23Cl3N2O3. The molecular weight excluding hydrogens is 435 g/mol. The van der Waals surface area contributed by atoms with Crippen molar-refractivity contribution in [1.82, 2.24) is 10.2 Å². The van der Waals surface area contributed by atoms with Gasteiger partial charge in [0, 0.05) is 33.7 Å². The fraction of sp³-hybridized carbons (Fsp3) is 0.333. The third kappa shape index (κ3) is 6.53. The molecule has 0 saturated heterocycles. The number of ether oxygens (including phenoxy) is 1. The Morgan fingerprint density at radius 3 is 2.31 bits per heavy atom. The van der Waals surface area contributed by atoms with Crippen LogP contribution in [0.3, 0.4) is 0 Å². The molecule has 29 heavy (non-hydrogen) atoms. The predicted molar refractivity (Wildman–Crippen MR) is 117 cm³/mol. The van der Waals surface area contributed by atoms with Gasteiger partial charge in [-0.3, -0.25) is 9.59 Å². The highest BCUT2D eigenvalue weighted by Gasteiger charge is 2.29. The predicted octanol–water partition coefficient (Wildman–Crippen LogP) is 4.97. The van der Waals surface area contributed by atoms with Crippen molar-refractivity contribution >= 4 is 46.6 Å². The summed E-state index contributed by atoms with van der Waals surface area (Å²) in [5.41, 5.74) is 0.578. The average Bonchev–Trinajstić information content (AvgIpc) is 2.68. The fourth-order valence-corrected chi connectivity index (χ4v) is 3.55.